The zero-order valence-electron chi connectivity index (χ0n) is 4.93. The first kappa shape index (κ1) is 8.62. The van der Waals surface area contributed by atoms with Crippen molar-refractivity contribution in [2.75, 3.05) is 0 Å². The van der Waals surface area contributed by atoms with E-state index in [1.165, 1.54) is 6.92 Å². The van der Waals surface area contributed by atoms with Crippen molar-refractivity contribution in [3.63, 3.8) is 0 Å². The highest BCUT2D eigenvalue weighted by Gasteiger charge is 2.12. The summed E-state index contributed by atoms with van der Waals surface area (Å²) in [6, 6.07) is 0. The van der Waals surface area contributed by atoms with Crippen LogP contribution in [0.4, 0.5) is 0 Å². The molecule has 0 saturated heterocycles. The van der Waals surface area contributed by atoms with E-state index in [0.29, 0.717) is 0 Å². The van der Waals surface area contributed by atoms with Gasteiger partial charge in [-0.15, -0.1) is 0 Å². The average Bonchev–Trinajstić information content (AvgIpc) is 1.63. The molecule has 0 aromatic rings. The second kappa shape index (κ2) is 3.61. The Hall–Kier alpha value is -0.380. The first-order valence-electron chi connectivity index (χ1n) is 2.40. The average molecular weight is 195 g/mol. The molecular formula is C5H7BrO3. The summed E-state index contributed by atoms with van der Waals surface area (Å²) in [5, 5.41) is 8.15. The fourth-order valence-electron chi connectivity index (χ4n) is 0.297. The number of hydrogen-bond acceptors (Lipinski definition) is 2. The molecule has 0 amide bonds. The molecule has 0 radical (unpaired) electrons. The van der Waals surface area contributed by atoms with Crippen LogP contribution in [-0.4, -0.2) is 21.7 Å². The molecule has 9 heavy (non-hydrogen) atoms. The summed E-state index contributed by atoms with van der Waals surface area (Å²) in [5.74, 6) is -1.12. The van der Waals surface area contributed by atoms with Crippen molar-refractivity contribution in [1.29, 1.82) is 0 Å². The third-order valence-corrected chi connectivity index (χ3v) is 1.76. The van der Waals surface area contributed by atoms with Crippen molar-refractivity contribution in [3.05, 3.63) is 0 Å². The number of carbonyl (C=O) groups excluding carboxylic acids is 1. The number of rotatable bonds is 3. The third-order valence-electron chi connectivity index (χ3n) is 0.795. The SMILES string of the molecule is CC(=O)C(Br)CC(=O)O. The first-order valence-corrected chi connectivity index (χ1v) is 3.32. The number of halogens is 1. The molecule has 0 aliphatic carbocycles. The highest BCUT2D eigenvalue weighted by molar-refractivity contribution is 9.10. The molecule has 0 bridgehead atoms. The van der Waals surface area contributed by atoms with Gasteiger partial charge in [0.2, 0.25) is 0 Å². The number of Topliss-reactive ketones (excluding diaryl/α,β-unsaturated/α-hetero) is 1. The maximum atomic E-state index is 10.4. The second-order valence-corrected chi connectivity index (χ2v) is 2.78. The molecule has 0 aromatic carbocycles. The van der Waals surface area contributed by atoms with Gasteiger partial charge in [-0.2, -0.15) is 0 Å². The van der Waals surface area contributed by atoms with Crippen molar-refractivity contribution in [2.24, 2.45) is 0 Å². The van der Waals surface area contributed by atoms with Crippen LogP contribution in [-0.2, 0) is 9.59 Å². The van der Waals surface area contributed by atoms with Crippen LogP contribution >= 0.6 is 15.9 Å². The largest absolute Gasteiger partial charge is 0.481 e. The van der Waals surface area contributed by atoms with E-state index in [2.05, 4.69) is 15.9 Å². The number of aliphatic carboxylic acids is 1. The summed E-state index contributed by atoms with van der Waals surface area (Å²) < 4.78 is 0. The number of carbonyl (C=O) groups is 2. The normalized spacial score (nSPS) is 12.7. The smallest absolute Gasteiger partial charge is 0.304 e. The predicted octanol–water partition coefficient (Wildman–Crippen LogP) is 0.814. The summed E-state index contributed by atoms with van der Waals surface area (Å²) in [6.45, 7) is 1.35. The Morgan fingerprint density at radius 2 is 2.11 bits per heavy atom. The molecule has 0 rings (SSSR count). The lowest BCUT2D eigenvalue weighted by Crippen LogP contribution is -2.14. The van der Waals surface area contributed by atoms with E-state index in [-0.39, 0.29) is 12.2 Å². The van der Waals surface area contributed by atoms with Crippen LogP contribution in [0.3, 0.4) is 0 Å². The predicted molar refractivity (Wildman–Crippen MR) is 35.6 cm³/mol. The van der Waals surface area contributed by atoms with E-state index in [1.807, 2.05) is 0 Å². The van der Waals surface area contributed by atoms with E-state index in [1.54, 1.807) is 0 Å². The highest BCUT2D eigenvalue weighted by atomic mass is 79.9. The number of hydrogen-bond donors (Lipinski definition) is 1. The van der Waals surface area contributed by atoms with E-state index in [0.717, 1.165) is 0 Å². The topological polar surface area (TPSA) is 54.4 Å². The molecule has 0 saturated carbocycles. The Labute approximate surface area is 61.2 Å². The van der Waals surface area contributed by atoms with Gasteiger partial charge in [-0.3, -0.25) is 9.59 Å². The summed E-state index contributed by atoms with van der Waals surface area (Å²) >= 11 is 2.91. The Morgan fingerprint density at radius 1 is 1.67 bits per heavy atom. The molecular weight excluding hydrogens is 188 g/mol. The molecule has 1 atom stereocenters. The maximum absolute atomic E-state index is 10.4. The fourth-order valence-corrected chi connectivity index (χ4v) is 0.574. The summed E-state index contributed by atoms with van der Waals surface area (Å²) in [4.78, 5) is 19.8. The number of alkyl halides is 1. The van der Waals surface area contributed by atoms with Crippen LogP contribution in [0.5, 0.6) is 0 Å². The van der Waals surface area contributed by atoms with Gasteiger partial charge in [-0.05, 0) is 6.92 Å². The standard InChI is InChI=1S/C5H7BrO3/c1-3(7)4(6)2-5(8)9/h4H,2H2,1H3,(H,8,9). The van der Waals surface area contributed by atoms with E-state index >= 15 is 0 Å². The third kappa shape index (κ3) is 4.14. The van der Waals surface area contributed by atoms with Crippen molar-refractivity contribution in [2.45, 2.75) is 18.2 Å². The lowest BCUT2D eigenvalue weighted by molar-refractivity contribution is -0.138. The Morgan fingerprint density at radius 3 is 2.22 bits per heavy atom. The van der Waals surface area contributed by atoms with Crippen LogP contribution < -0.4 is 0 Å². The summed E-state index contributed by atoms with van der Waals surface area (Å²) in [7, 11) is 0. The van der Waals surface area contributed by atoms with E-state index < -0.39 is 10.8 Å². The molecule has 0 fully saturated rings. The zero-order chi connectivity index (χ0) is 7.44. The molecule has 0 aliphatic rings. The van der Waals surface area contributed by atoms with Crippen LogP contribution in [0.15, 0.2) is 0 Å². The summed E-state index contributed by atoms with van der Waals surface area (Å²) in [5.41, 5.74) is 0. The van der Waals surface area contributed by atoms with Gasteiger partial charge in [-0.1, -0.05) is 15.9 Å². The Kier molecular flexibility index (Phi) is 3.46. The summed E-state index contributed by atoms with van der Waals surface area (Å²) in [6.07, 6.45) is -0.144. The Balaban J connectivity index is 3.63. The minimum absolute atomic E-state index is 0.144. The molecule has 0 aliphatic heterocycles. The lowest BCUT2D eigenvalue weighted by atomic mass is 10.2. The zero-order valence-corrected chi connectivity index (χ0v) is 6.51. The molecule has 3 nitrogen and oxygen atoms in total. The second-order valence-electron chi connectivity index (χ2n) is 1.68. The van der Waals surface area contributed by atoms with Gasteiger partial charge >= 0.3 is 5.97 Å². The van der Waals surface area contributed by atoms with E-state index in [4.69, 9.17) is 5.11 Å². The lowest BCUT2D eigenvalue weighted by Gasteiger charge is -1.98. The van der Waals surface area contributed by atoms with Crippen LogP contribution in [0, 0.1) is 0 Å². The molecule has 0 spiro atoms. The van der Waals surface area contributed by atoms with Crippen LogP contribution in [0.1, 0.15) is 13.3 Å². The first-order chi connectivity index (χ1) is 4.04. The number of carboxylic acid groups (broad SMARTS) is 1. The minimum Gasteiger partial charge on any atom is -0.481 e. The quantitative estimate of drug-likeness (QED) is 0.678. The maximum Gasteiger partial charge on any atom is 0.304 e. The molecule has 52 valence electrons. The van der Waals surface area contributed by atoms with E-state index in [9.17, 15) is 9.59 Å². The van der Waals surface area contributed by atoms with Crippen molar-refractivity contribution in [1.82, 2.24) is 0 Å². The van der Waals surface area contributed by atoms with Crippen LogP contribution in [0.2, 0.25) is 0 Å². The van der Waals surface area contributed by atoms with Gasteiger partial charge in [0.05, 0.1) is 11.2 Å². The molecule has 4 heteroatoms. The van der Waals surface area contributed by atoms with Gasteiger partial charge in [0, 0.05) is 0 Å². The van der Waals surface area contributed by atoms with Gasteiger partial charge in [-0.25, -0.2) is 0 Å². The van der Waals surface area contributed by atoms with Gasteiger partial charge in [0.1, 0.15) is 5.78 Å². The van der Waals surface area contributed by atoms with Crippen molar-refractivity contribution in [3.8, 4) is 0 Å². The number of carboxylic acids is 1. The van der Waals surface area contributed by atoms with Gasteiger partial charge in [0.15, 0.2) is 0 Å². The highest BCUT2D eigenvalue weighted by Crippen LogP contribution is 2.05. The fraction of sp³-hybridized carbons (Fsp3) is 0.600. The van der Waals surface area contributed by atoms with Crippen molar-refractivity contribution >= 4 is 27.7 Å². The minimum atomic E-state index is -0.966. The Bertz CT molecular complexity index is 132. The number of ketones is 1. The van der Waals surface area contributed by atoms with Crippen LogP contribution in [0.25, 0.3) is 0 Å². The van der Waals surface area contributed by atoms with Gasteiger partial charge < -0.3 is 5.11 Å². The van der Waals surface area contributed by atoms with Crippen molar-refractivity contribution < 1.29 is 14.7 Å². The monoisotopic (exact) mass is 194 g/mol. The molecule has 0 heterocycles. The van der Waals surface area contributed by atoms with Gasteiger partial charge in [0.25, 0.3) is 0 Å². The molecule has 1 N–H and O–H groups in total. The molecule has 0 aromatic heterocycles. The molecule has 1 unspecified atom stereocenters.